The average Bonchev–Trinajstić information content (AvgIpc) is 3.16. The lowest BCUT2D eigenvalue weighted by Gasteiger charge is -2.65. The first kappa shape index (κ1) is 25.6. The Balaban J connectivity index is 1.32. The number of benzene rings is 1. The largest absolute Gasteiger partial charge is 0.489 e. The first-order chi connectivity index (χ1) is 17.5. The lowest BCUT2D eigenvalue weighted by molar-refractivity contribution is -0.199. The number of aromatic nitrogens is 1. The number of nitriles is 1. The summed E-state index contributed by atoms with van der Waals surface area (Å²) >= 11 is 6.23. The molecule has 2 aliphatic carbocycles. The van der Waals surface area contributed by atoms with Gasteiger partial charge >= 0.3 is 0 Å². The predicted molar refractivity (Wildman–Crippen MR) is 144 cm³/mol. The summed E-state index contributed by atoms with van der Waals surface area (Å²) in [6, 6.07) is 11.0. The summed E-state index contributed by atoms with van der Waals surface area (Å²) in [5.41, 5.74) is 2.04. The molecule has 37 heavy (non-hydrogen) atoms. The molecule has 0 unspecified atom stereocenters. The van der Waals surface area contributed by atoms with E-state index in [-0.39, 0.29) is 28.9 Å². The predicted octanol–water partition coefficient (Wildman–Crippen LogP) is 6.62. The number of halogens is 1. The van der Waals surface area contributed by atoms with E-state index in [9.17, 15) is 4.79 Å². The van der Waals surface area contributed by atoms with Gasteiger partial charge in [-0.25, -0.2) is 4.98 Å². The molecule has 0 bridgehead atoms. The number of fused-ring (bicyclic) bond motifs is 1. The van der Waals surface area contributed by atoms with Crippen molar-refractivity contribution in [3.63, 3.8) is 0 Å². The minimum absolute atomic E-state index is 0.0225. The fourth-order valence-corrected chi connectivity index (χ4v) is 7.29. The summed E-state index contributed by atoms with van der Waals surface area (Å²) < 4.78 is 6.41. The van der Waals surface area contributed by atoms with Crippen LogP contribution in [0.15, 0.2) is 30.3 Å². The third-order valence-corrected chi connectivity index (χ3v) is 8.91. The van der Waals surface area contributed by atoms with E-state index in [1.807, 2.05) is 17.0 Å². The Morgan fingerprint density at radius 3 is 2.43 bits per heavy atom. The molecule has 5 nitrogen and oxygen atoms in total. The first-order valence-corrected chi connectivity index (χ1v) is 13.6. The summed E-state index contributed by atoms with van der Waals surface area (Å²) in [6.07, 6.45) is 4.68. The van der Waals surface area contributed by atoms with Gasteiger partial charge in [0.05, 0.1) is 28.4 Å². The number of nitrogens with zero attached hydrogens (tertiary/aromatic N) is 3. The van der Waals surface area contributed by atoms with Crippen LogP contribution in [-0.4, -0.2) is 27.9 Å². The fraction of sp³-hybridized carbons (Fsp3) is 0.516. The summed E-state index contributed by atoms with van der Waals surface area (Å²) in [7, 11) is 0. The average molecular weight is 516 g/mol. The Bertz CT molecular complexity index is 1320. The Morgan fingerprint density at radius 2 is 1.78 bits per heavy atom. The Morgan fingerprint density at radius 1 is 1.08 bits per heavy atom. The molecule has 0 saturated heterocycles. The molecular formula is C31H34ClN3O2. The maximum Gasteiger partial charge on any atom is 0.256 e. The van der Waals surface area contributed by atoms with Crippen LogP contribution in [0, 0.1) is 45.8 Å². The zero-order valence-corrected chi connectivity index (χ0v) is 23.0. The van der Waals surface area contributed by atoms with Crippen molar-refractivity contribution in [1.82, 2.24) is 9.88 Å². The molecule has 0 radical (unpaired) electrons. The van der Waals surface area contributed by atoms with E-state index in [4.69, 9.17) is 26.6 Å². The molecule has 2 saturated carbocycles. The molecule has 1 aliphatic heterocycles. The lowest BCUT2D eigenvalue weighted by atomic mass is 9.49. The Labute approximate surface area is 225 Å². The Kier molecular flexibility index (Phi) is 6.49. The van der Waals surface area contributed by atoms with Gasteiger partial charge in [0.1, 0.15) is 23.6 Å². The minimum atomic E-state index is -0.303. The summed E-state index contributed by atoms with van der Waals surface area (Å²) in [6.45, 7) is 11.4. The maximum atomic E-state index is 13.5. The minimum Gasteiger partial charge on any atom is -0.489 e. The number of hydrogen-bond donors (Lipinski definition) is 0. The smallest absolute Gasteiger partial charge is 0.256 e. The maximum absolute atomic E-state index is 13.5. The number of carbonyl (C=O) groups is 1. The monoisotopic (exact) mass is 515 g/mol. The van der Waals surface area contributed by atoms with Gasteiger partial charge in [-0.15, -0.1) is 0 Å². The molecule has 6 heteroatoms. The van der Waals surface area contributed by atoms with Crippen molar-refractivity contribution >= 4 is 17.5 Å². The van der Waals surface area contributed by atoms with E-state index in [0.717, 1.165) is 30.1 Å². The van der Waals surface area contributed by atoms with Gasteiger partial charge in [0.25, 0.3) is 5.91 Å². The topological polar surface area (TPSA) is 66.2 Å². The zero-order chi connectivity index (χ0) is 26.5. The highest BCUT2D eigenvalue weighted by Crippen LogP contribution is 2.59. The van der Waals surface area contributed by atoms with Crippen LogP contribution >= 0.6 is 11.6 Å². The molecule has 0 spiro atoms. The van der Waals surface area contributed by atoms with Crippen LogP contribution in [0.1, 0.15) is 87.6 Å². The number of pyridine rings is 1. The number of hydrogen-bond acceptors (Lipinski definition) is 4. The molecule has 1 amide bonds. The quantitative estimate of drug-likeness (QED) is 0.431. The van der Waals surface area contributed by atoms with Crippen molar-refractivity contribution < 1.29 is 9.53 Å². The van der Waals surface area contributed by atoms with Gasteiger partial charge in [0.2, 0.25) is 0 Å². The third-order valence-electron chi connectivity index (χ3n) is 8.59. The second kappa shape index (κ2) is 9.38. The molecule has 2 heterocycles. The molecule has 1 aromatic carbocycles. The van der Waals surface area contributed by atoms with Crippen molar-refractivity contribution in [2.75, 3.05) is 0 Å². The van der Waals surface area contributed by atoms with Crippen LogP contribution in [0.3, 0.4) is 0 Å². The SMILES string of the molecule is CC1CCC(C#Cc2ccc3c(n2)CN(C2C(C)(C)C(Oc4ccc(C#N)c(Cl)c4)C2(C)C)C3=O)CC1. The normalized spacial score (nSPS) is 27.4. The van der Waals surface area contributed by atoms with Crippen molar-refractivity contribution in [2.24, 2.45) is 22.7 Å². The molecule has 2 fully saturated rings. The van der Waals surface area contributed by atoms with Gasteiger partial charge in [-0.1, -0.05) is 52.1 Å². The van der Waals surface area contributed by atoms with Gasteiger partial charge in [0.15, 0.2) is 0 Å². The van der Waals surface area contributed by atoms with Crippen molar-refractivity contribution in [3.05, 3.63) is 57.9 Å². The molecule has 192 valence electrons. The van der Waals surface area contributed by atoms with Gasteiger partial charge in [-0.05, 0) is 61.8 Å². The van der Waals surface area contributed by atoms with E-state index in [1.54, 1.807) is 18.2 Å². The molecule has 1 aromatic heterocycles. The molecule has 3 aliphatic rings. The lowest BCUT2D eigenvalue weighted by Crippen LogP contribution is -2.74. The van der Waals surface area contributed by atoms with Gasteiger partial charge < -0.3 is 9.64 Å². The highest BCUT2D eigenvalue weighted by Gasteiger charge is 2.67. The molecule has 0 atom stereocenters. The molecule has 0 N–H and O–H groups in total. The second-order valence-electron chi connectivity index (χ2n) is 12.1. The van der Waals surface area contributed by atoms with E-state index in [2.05, 4.69) is 52.5 Å². The highest BCUT2D eigenvalue weighted by molar-refractivity contribution is 6.31. The van der Waals surface area contributed by atoms with Gasteiger partial charge in [0, 0.05) is 28.9 Å². The van der Waals surface area contributed by atoms with E-state index < -0.39 is 0 Å². The van der Waals surface area contributed by atoms with Gasteiger partial charge in [-0.3, -0.25) is 4.79 Å². The molecule has 2 aromatic rings. The van der Waals surface area contributed by atoms with Crippen LogP contribution in [0.2, 0.25) is 5.02 Å². The summed E-state index contributed by atoms with van der Waals surface area (Å²) in [4.78, 5) is 20.3. The van der Waals surface area contributed by atoms with Crippen molar-refractivity contribution in [1.29, 1.82) is 5.26 Å². The third kappa shape index (κ3) is 4.49. The first-order valence-electron chi connectivity index (χ1n) is 13.2. The highest BCUT2D eigenvalue weighted by atomic mass is 35.5. The molecular weight excluding hydrogens is 482 g/mol. The number of amides is 1. The van der Waals surface area contributed by atoms with Crippen LogP contribution < -0.4 is 4.74 Å². The van der Waals surface area contributed by atoms with Crippen molar-refractivity contribution in [2.45, 2.75) is 79.0 Å². The Hall–Kier alpha value is -3.02. The van der Waals surface area contributed by atoms with Crippen LogP contribution in [0.5, 0.6) is 5.75 Å². The second-order valence-corrected chi connectivity index (χ2v) is 12.6. The summed E-state index contributed by atoms with van der Waals surface area (Å²) in [5, 5.41) is 9.53. The number of ether oxygens (including phenoxy) is 1. The standard InChI is InChI=1S/C31H34ClN3O2/c1-19-6-8-20(9-7-19)10-12-22-13-15-24-26(34-22)18-35(27(24)36)28-30(2,3)29(31(28,4)5)37-23-14-11-21(17-33)25(32)16-23/h11,13-16,19-20,28-29H,6-9,18H2,1-5H3. The number of rotatable bonds is 3. The van der Waals surface area contributed by atoms with Crippen LogP contribution in [-0.2, 0) is 6.54 Å². The fourth-order valence-electron chi connectivity index (χ4n) is 7.07. The van der Waals surface area contributed by atoms with Crippen LogP contribution in [0.4, 0.5) is 0 Å². The van der Waals surface area contributed by atoms with Crippen LogP contribution in [0.25, 0.3) is 0 Å². The van der Waals surface area contributed by atoms with E-state index in [0.29, 0.717) is 34.4 Å². The summed E-state index contributed by atoms with van der Waals surface area (Å²) in [5.74, 6) is 8.62. The van der Waals surface area contributed by atoms with Gasteiger partial charge in [-0.2, -0.15) is 5.26 Å². The van der Waals surface area contributed by atoms with E-state index in [1.165, 1.54) is 12.8 Å². The molecule has 5 rings (SSSR count). The zero-order valence-electron chi connectivity index (χ0n) is 22.3. The van der Waals surface area contributed by atoms with Crippen molar-refractivity contribution in [3.8, 4) is 23.7 Å². The number of carbonyl (C=O) groups excluding carboxylic acids is 1. The van der Waals surface area contributed by atoms with E-state index >= 15 is 0 Å².